The summed E-state index contributed by atoms with van der Waals surface area (Å²) < 4.78 is 16.3. The highest BCUT2D eigenvalue weighted by atomic mass is 16.5. The van der Waals surface area contributed by atoms with Crippen molar-refractivity contribution in [3.05, 3.63) is 48.3 Å². The van der Waals surface area contributed by atoms with E-state index >= 15 is 0 Å². The molecule has 0 bridgehead atoms. The molecule has 3 aromatic rings. The molecule has 0 spiro atoms. The molecule has 1 heterocycles. The molecule has 1 N–H and O–H groups in total. The lowest BCUT2D eigenvalue weighted by Crippen LogP contribution is -2.04. The van der Waals surface area contributed by atoms with E-state index in [4.69, 9.17) is 14.2 Å². The molecule has 0 fully saturated rings. The van der Waals surface area contributed by atoms with E-state index in [9.17, 15) is 0 Å². The van der Waals surface area contributed by atoms with Gasteiger partial charge >= 0.3 is 0 Å². The van der Waals surface area contributed by atoms with E-state index in [1.807, 2.05) is 24.3 Å². The lowest BCUT2D eigenvalue weighted by atomic mass is 10.1. The van der Waals surface area contributed by atoms with E-state index in [1.54, 1.807) is 21.3 Å². The summed E-state index contributed by atoms with van der Waals surface area (Å²) >= 11 is 0. The normalized spacial score (nSPS) is 10.5. The quantitative estimate of drug-likeness (QED) is 0.750. The van der Waals surface area contributed by atoms with E-state index in [2.05, 4.69) is 27.4 Å². The van der Waals surface area contributed by atoms with Gasteiger partial charge in [0.05, 0.1) is 26.7 Å². The van der Waals surface area contributed by atoms with Crippen LogP contribution in [0.4, 0.5) is 5.82 Å². The number of nitrogens with zero attached hydrogens (tertiary/aromatic N) is 2. The third-order valence-electron chi connectivity index (χ3n) is 3.74. The Morgan fingerprint density at radius 1 is 0.917 bits per heavy atom. The van der Waals surface area contributed by atoms with Gasteiger partial charge in [0.15, 0.2) is 11.5 Å². The van der Waals surface area contributed by atoms with Crippen LogP contribution in [0, 0.1) is 0 Å². The zero-order valence-electron chi connectivity index (χ0n) is 13.9. The molecule has 0 aliphatic rings. The average molecular weight is 325 g/mol. The minimum Gasteiger partial charge on any atom is -0.493 e. The fourth-order valence-corrected chi connectivity index (χ4v) is 2.59. The van der Waals surface area contributed by atoms with Crippen molar-refractivity contribution in [3.8, 4) is 17.2 Å². The van der Waals surface area contributed by atoms with Crippen LogP contribution in [0.3, 0.4) is 0 Å². The largest absolute Gasteiger partial charge is 0.493 e. The number of ether oxygens (including phenoxy) is 3. The maximum Gasteiger partial charge on any atom is 0.205 e. The molecule has 0 saturated heterocycles. The maximum atomic E-state index is 5.49. The van der Waals surface area contributed by atoms with Gasteiger partial charge in [0.1, 0.15) is 17.7 Å². The summed E-state index contributed by atoms with van der Waals surface area (Å²) in [4.78, 5) is 8.69. The number of benzene rings is 2. The first-order chi connectivity index (χ1) is 11.8. The third kappa shape index (κ3) is 2.90. The Balaban J connectivity index is 2.06. The van der Waals surface area contributed by atoms with Crippen molar-refractivity contribution in [1.82, 2.24) is 9.97 Å². The molecule has 2 aromatic carbocycles. The molecular weight excluding hydrogens is 306 g/mol. The second-order valence-electron chi connectivity index (χ2n) is 5.10. The summed E-state index contributed by atoms with van der Waals surface area (Å²) in [5.41, 5.74) is 1.83. The highest BCUT2D eigenvalue weighted by Gasteiger charge is 2.19. The Labute approximate surface area is 140 Å². The summed E-state index contributed by atoms with van der Waals surface area (Å²) in [7, 11) is 4.74. The summed E-state index contributed by atoms with van der Waals surface area (Å²) in [6, 6.07) is 12.0. The van der Waals surface area contributed by atoms with Crippen LogP contribution in [0.15, 0.2) is 42.7 Å². The van der Waals surface area contributed by atoms with Gasteiger partial charge < -0.3 is 19.5 Å². The molecule has 0 aliphatic carbocycles. The average Bonchev–Trinajstić information content (AvgIpc) is 2.65. The second-order valence-corrected chi connectivity index (χ2v) is 5.10. The van der Waals surface area contributed by atoms with Gasteiger partial charge in [-0.15, -0.1) is 0 Å². The molecule has 0 amide bonds. The van der Waals surface area contributed by atoms with Crippen LogP contribution in [-0.2, 0) is 6.54 Å². The molecule has 1 aromatic heterocycles. The lowest BCUT2D eigenvalue weighted by Gasteiger charge is -2.15. The van der Waals surface area contributed by atoms with Crippen molar-refractivity contribution in [2.75, 3.05) is 26.6 Å². The number of nitrogens with one attached hydrogen (secondary N) is 1. The van der Waals surface area contributed by atoms with E-state index in [-0.39, 0.29) is 0 Å². The van der Waals surface area contributed by atoms with Gasteiger partial charge in [-0.1, -0.05) is 30.3 Å². The van der Waals surface area contributed by atoms with Crippen molar-refractivity contribution < 1.29 is 14.2 Å². The Kier molecular flexibility index (Phi) is 4.65. The smallest absolute Gasteiger partial charge is 0.205 e. The molecule has 6 heteroatoms. The number of hydrogen-bond acceptors (Lipinski definition) is 6. The van der Waals surface area contributed by atoms with Gasteiger partial charge in [-0.3, -0.25) is 0 Å². The highest BCUT2D eigenvalue weighted by Crippen LogP contribution is 2.43. The van der Waals surface area contributed by atoms with Gasteiger partial charge in [0, 0.05) is 6.54 Å². The Hall–Kier alpha value is -3.02. The first kappa shape index (κ1) is 15.9. The van der Waals surface area contributed by atoms with Crippen molar-refractivity contribution in [3.63, 3.8) is 0 Å². The predicted octanol–water partition coefficient (Wildman–Crippen LogP) is 3.27. The first-order valence-corrected chi connectivity index (χ1v) is 7.50. The molecule has 6 nitrogen and oxygen atoms in total. The molecule has 124 valence electrons. The number of rotatable bonds is 6. The van der Waals surface area contributed by atoms with Crippen LogP contribution in [-0.4, -0.2) is 31.3 Å². The third-order valence-corrected chi connectivity index (χ3v) is 3.74. The van der Waals surface area contributed by atoms with Crippen molar-refractivity contribution in [2.45, 2.75) is 6.54 Å². The number of hydrogen-bond donors (Lipinski definition) is 1. The fraction of sp³-hybridized carbons (Fsp3) is 0.222. The molecule has 0 saturated carbocycles. The number of anilines is 1. The van der Waals surface area contributed by atoms with Gasteiger partial charge in [-0.2, -0.15) is 0 Å². The van der Waals surface area contributed by atoms with Crippen molar-refractivity contribution >= 4 is 16.7 Å². The number of fused-ring (bicyclic) bond motifs is 1. The van der Waals surface area contributed by atoms with Gasteiger partial charge in [-0.25, -0.2) is 9.97 Å². The molecular formula is C18H19N3O3. The SMILES string of the molecule is COc1cc2c(NCc3ccccc3)ncnc2c(OC)c1OC. The van der Waals surface area contributed by atoms with Crippen LogP contribution >= 0.6 is 0 Å². The zero-order valence-corrected chi connectivity index (χ0v) is 13.9. The van der Waals surface area contributed by atoms with Crippen LogP contribution in [0.25, 0.3) is 10.9 Å². The van der Waals surface area contributed by atoms with Gasteiger partial charge in [0.25, 0.3) is 0 Å². The van der Waals surface area contributed by atoms with E-state index in [0.717, 1.165) is 10.9 Å². The molecule has 0 aliphatic heterocycles. The van der Waals surface area contributed by atoms with E-state index < -0.39 is 0 Å². The van der Waals surface area contributed by atoms with Gasteiger partial charge in [0.2, 0.25) is 5.75 Å². The highest BCUT2D eigenvalue weighted by molar-refractivity contribution is 5.96. The number of aromatic nitrogens is 2. The first-order valence-electron chi connectivity index (χ1n) is 7.50. The van der Waals surface area contributed by atoms with Crippen LogP contribution in [0.1, 0.15) is 5.56 Å². The van der Waals surface area contributed by atoms with E-state index in [1.165, 1.54) is 6.33 Å². The fourth-order valence-electron chi connectivity index (χ4n) is 2.59. The monoisotopic (exact) mass is 325 g/mol. The topological polar surface area (TPSA) is 65.5 Å². The predicted molar refractivity (Wildman–Crippen MR) is 93.0 cm³/mol. The summed E-state index contributed by atoms with van der Waals surface area (Å²) in [6.07, 6.45) is 1.50. The Morgan fingerprint density at radius 2 is 1.67 bits per heavy atom. The lowest BCUT2D eigenvalue weighted by molar-refractivity contribution is 0.327. The van der Waals surface area contributed by atoms with E-state index in [0.29, 0.717) is 35.1 Å². The minimum atomic E-state index is 0.514. The zero-order chi connectivity index (χ0) is 16.9. The standard InChI is InChI=1S/C18H19N3O3/c1-22-14-9-13-15(17(24-3)16(14)23-2)20-11-21-18(13)19-10-12-7-5-4-6-8-12/h4-9,11H,10H2,1-3H3,(H,19,20,21). The number of methoxy groups -OCH3 is 3. The second kappa shape index (κ2) is 7.04. The van der Waals surface area contributed by atoms with Crippen molar-refractivity contribution in [2.24, 2.45) is 0 Å². The Bertz CT molecular complexity index is 838. The summed E-state index contributed by atoms with van der Waals surface area (Å²) in [5.74, 6) is 2.32. The molecule has 0 atom stereocenters. The summed E-state index contributed by atoms with van der Waals surface area (Å²) in [5, 5.41) is 4.15. The molecule has 24 heavy (non-hydrogen) atoms. The summed E-state index contributed by atoms with van der Waals surface area (Å²) in [6.45, 7) is 0.656. The van der Waals surface area contributed by atoms with Gasteiger partial charge in [-0.05, 0) is 11.6 Å². The molecule has 0 radical (unpaired) electrons. The molecule has 3 rings (SSSR count). The van der Waals surface area contributed by atoms with Crippen molar-refractivity contribution in [1.29, 1.82) is 0 Å². The van der Waals surface area contributed by atoms with Crippen LogP contribution < -0.4 is 19.5 Å². The Morgan fingerprint density at radius 3 is 2.33 bits per heavy atom. The molecule has 0 unspecified atom stereocenters. The minimum absolute atomic E-state index is 0.514. The maximum absolute atomic E-state index is 5.49. The van der Waals surface area contributed by atoms with Crippen LogP contribution in [0.5, 0.6) is 17.2 Å². The van der Waals surface area contributed by atoms with Crippen LogP contribution in [0.2, 0.25) is 0 Å².